The van der Waals surface area contributed by atoms with E-state index in [2.05, 4.69) is 32.7 Å². The van der Waals surface area contributed by atoms with E-state index < -0.39 is 110 Å². The molecule has 0 radical (unpaired) electrons. The van der Waals surface area contributed by atoms with Crippen molar-refractivity contribution in [1.82, 2.24) is 20.6 Å². The number of carbonyl (C=O) groups excluding carboxylic acids is 2. The van der Waals surface area contributed by atoms with Gasteiger partial charge >= 0.3 is 12.4 Å². The van der Waals surface area contributed by atoms with E-state index >= 15 is 0 Å². The first-order valence-corrected chi connectivity index (χ1v) is 28.5. The molecule has 2 aromatic heterocycles. The molecule has 4 aromatic rings. The summed E-state index contributed by atoms with van der Waals surface area (Å²) < 4.78 is 152. The standard InChI is InChI=1S/2C27H28F3N3O4S/c2*1-16-11-18(7-10-32-16)17-5-6-24(22(12-17)27(28,29)30)38(35,36)20-13-21(23(14-20)37-19-3-2-4-19)25(34)33-26(15-31)8-9-26/h2*5-7,10-12,19-21,23H,2-4,8-9,13-14H2,1H3,(H,33,34)/t2*20-,21-,23-/m11/s1. The predicted molar refractivity (Wildman–Crippen MR) is 263 cm³/mol. The maximum Gasteiger partial charge on any atom is 0.417 e. The maximum atomic E-state index is 14.2. The van der Waals surface area contributed by atoms with Gasteiger partial charge < -0.3 is 20.1 Å². The van der Waals surface area contributed by atoms with Crippen molar-refractivity contribution in [2.45, 2.75) is 172 Å². The summed E-state index contributed by atoms with van der Waals surface area (Å²) in [7, 11) is -8.95. The van der Waals surface area contributed by atoms with Crippen LogP contribution in [0.3, 0.4) is 0 Å². The predicted octanol–water partition coefficient (Wildman–Crippen LogP) is 9.48. The highest BCUT2D eigenvalue weighted by Gasteiger charge is 2.54. The van der Waals surface area contributed by atoms with E-state index in [-0.39, 0.29) is 49.0 Å². The number of halogens is 6. The molecule has 0 aliphatic heterocycles. The van der Waals surface area contributed by atoms with Crippen molar-refractivity contribution in [2.24, 2.45) is 11.8 Å². The van der Waals surface area contributed by atoms with E-state index in [1.165, 1.54) is 24.5 Å². The number of carbonyl (C=O) groups is 2. The summed E-state index contributed by atoms with van der Waals surface area (Å²) in [4.78, 5) is 32.7. The van der Waals surface area contributed by atoms with Crippen LogP contribution < -0.4 is 10.6 Å². The number of aryl methyl sites for hydroxylation is 2. The zero-order chi connectivity index (χ0) is 54.6. The molecule has 0 spiro atoms. The Balaban J connectivity index is 0.000000186. The quantitative estimate of drug-likeness (QED) is 0.113. The van der Waals surface area contributed by atoms with Gasteiger partial charge in [-0.05, 0) is 175 Å². The molecule has 14 nitrogen and oxygen atoms in total. The van der Waals surface area contributed by atoms with Gasteiger partial charge in [-0.2, -0.15) is 36.9 Å². The smallest absolute Gasteiger partial charge is 0.374 e. The molecule has 0 unspecified atom stereocenters. The summed E-state index contributed by atoms with van der Waals surface area (Å²) >= 11 is 0. The largest absolute Gasteiger partial charge is 0.417 e. The number of benzene rings is 2. The average molecular weight is 1100 g/mol. The van der Waals surface area contributed by atoms with E-state index in [0.29, 0.717) is 48.2 Å². The number of hydrogen-bond donors (Lipinski definition) is 2. The molecule has 2 aromatic carbocycles. The molecule has 0 bridgehead atoms. The monoisotopic (exact) mass is 1090 g/mol. The Bertz CT molecular complexity index is 3000. The summed E-state index contributed by atoms with van der Waals surface area (Å²) in [6.07, 6.45) is -1.95. The molecule has 6 saturated carbocycles. The van der Waals surface area contributed by atoms with Crippen molar-refractivity contribution in [3.63, 3.8) is 0 Å². The molecule has 6 aliphatic rings. The van der Waals surface area contributed by atoms with Crippen molar-refractivity contribution in [3.05, 3.63) is 95.6 Å². The molecular weight excluding hydrogens is 1040 g/mol. The number of hydrogen-bond acceptors (Lipinski definition) is 12. The number of nitriles is 2. The fourth-order valence-corrected chi connectivity index (χ4v) is 14.4. The van der Waals surface area contributed by atoms with Crippen LogP contribution >= 0.6 is 0 Å². The number of amides is 2. The third kappa shape index (κ3) is 11.7. The van der Waals surface area contributed by atoms with Crippen molar-refractivity contribution < 1.29 is 62.2 Å². The molecular formula is C54H56F6N6O8S2. The second-order valence-electron chi connectivity index (χ2n) is 21.1. The van der Waals surface area contributed by atoms with E-state index in [1.807, 2.05) is 0 Å². The lowest BCUT2D eigenvalue weighted by Crippen LogP contribution is -2.43. The van der Waals surface area contributed by atoms with Crippen molar-refractivity contribution in [3.8, 4) is 34.4 Å². The highest BCUT2D eigenvalue weighted by molar-refractivity contribution is 7.92. The van der Waals surface area contributed by atoms with E-state index in [4.69, 9.17) is 9.47 Å². The van der Waals surface area contributed by atoms with Gasteiger partial charge in [0.1, 0.15) is 11.1 Å². The maximum absolute atomic E-state index is 14.2. The molecule has 404 valence electrons. The third-order valence-electron chi connectivity index (χ3n) is 15.6. The summed E-state index contributed by atoms with van der Waals surface area (Å²) in [5.74, 6) is -2.69. The van der Waals surface area contributed by atoms with Gasteiger partial charge in [-0.15, -0.1) is 0 Å². The van der Waals surface area contributed by atoms with Gasteiger partial charge in [-0.1, -0.05) is 12.1 Å². The minimum absolute atomic E-state index is 0.0843. The molecule has 22 heteroatoms. The molecule has 0 saturated heterocycles. The summed E-state index contributed by atoms with van der Waals surface area (Å²) in [6, 6.07) is 17.0. The van der Waals surface area contributed by atoms with E-state index in [1.54, 1.807) is 38.1 Å². The number of pyridine rings is 2. The summed E-state index contributed by atoms with van der Waals surface area (Å²) in [5.41, 5.74) is -1.71. The first-order chi connectivity index (χ1) is 35.8. The van der Waals surface area contributed by atoms with Crippen LogP contribution in [-0.2, 0) is 51.1 Å². The Morgan fingerprint density at radius 3 is 1.22 bits per heavy atom. The zero-order valence-corrected chi connectivity index (χ0v) is 43.2. The highest BCUT2D eigenvalue weighted by atomic mass is 32.2. The highest BCUT2D eigenvalue weighted by Crippen LogP contribution is 2.47. The molecule has 2 heterocycles. The van der Waals surface area contributed by atoms with Crippen molar-refractivity contribution >= 4 is 31.5 Å². The minimum atomic E-state index is -4.91. The lowest BCUT2D eigenvalue weighted by Gasteiger charge is -2.31. The van der Waals surface area contributed by atoms with Gasteiger partial charge in [0, 0.05) is 23.8 Å². The van der Waals surface area contributed by atoms with Crippen LogP contribution in [0.4, 0.5) is 26.3 Å². The number of aromatic nitrogens is 2. The summed E-state index contributed by atoms with van der Waals surface area (Å²) in [5, 5.41) is 21.7. The third-order valence-corrected chi connectivity index (χ3v) is 20.1. The molecule has 6 atom stereocenters. The van der Waals surface area contributed by atoms with Crippen LogP contribution in [0, 0.1) is 48.3 Å². The fourth-order valence-electron chi connectivity index (χ4n) is 10.4. The Labute approximate surface area is 436 Å². The van der Waals surface area contributed by atoms with E-state index in [9.17, 15) is 63.3 Å². The van der Waals surface area contributed by atoms with Crippen LogP contribution in [0.1, 0.15) is 112 Å². The topological polar surface area (TPSA) is 218 Å². The number of rotatable bonds is 14. The first kappa shape index (κ1) is 54.8. The molecule has 2 N–H and O–H groups in total. The number of ether oxygens (including phenoxy) is 2. The van der Waals surface area contributed by atoms with E-state index in [0.717, 1.165) is 62.8 Å². The minimum Gasteiger partial charge on any atom is -0.374 e. The van der Waals surface area contributed by atoms with Gasteiger partial charge in [-0.25, -0.2) is 16.8 Å². The number of nitrogens with one attached hydrogen (secondary N) is 2. The second-order valence-corrected chi connectivity index (χ2v) is 25.5. The lowest BCUT2D eigenvalue weighted by atomic mass is 9.95. The Morgan fingerprint density at radius 1 is 0.579 bits per heavy atom. The van der Waals surface area contributed by atoms with Gasteiger partial charge in [0.15, 0.2) is 19.7 Å². The van der Waals surface area contributed by atoms with Crippen LogP contribution in [-0.4, -0.2) is 84.6 Å². The van der Waals surface area contributed by atoms with Gasteiger partial charge in [0.25, 0.3) is 0 Å². The molecule has 6 fully saturated rings. The van der Waals surface area contributed by atoms with Gasteiger partial charge in [0.2, 0.25) is 11.8 Å². The molecule has 76 heavy (non-hydrogen) atoms. The van der Waals surface area contributed by atoms with Crippen LogP contribution in [0.25, 0.3) is 22.3 Å². The van der Waals surface area contributed by atoms with Crippen LogP contribution in [0.5, 0.6) is 0 Å². The first-order valence-electron chi connectivity index (χ1n) is 25.4. The lowest BCUT2D eigenvalue weighted by molar-refractivity contribution is -0.140. The van der Waals surface area contributed by atoms with Crippen LogP contribution in [0.15, 0.2) is 82.8 Å². The molecule has 10 rings (SSSR count). The Morgan fingerprint density at radius 2 is 0.934 bits per heavy atom. The molecule has 2 amide bonds. The second kappa shape index (κ2) is 20.8. The van der Waals surface area contributed by atoms with Crippen molar-refractivity contribution in [1.29, 1.82) is 10.5 Å². The fraction of sp³-hybridized carbons (Fsp3) is 0.519. The van der Waals surface area contributed by atoms with Crippen LogP contribution in [0.2, 0.25) is 0 Å². The molecule has 6 aliphatic carbocycles. The normalized spacial score (nSPS) is 24.9. The Kier molecular flexibility index (Phi) is 15.0. The average Bonchev–Trinajstić information content (AvgIpc) is 4.20. The zero-order valence-electron chi connectivity index (χ0n) is 41.6. The Hall–Kier alpha value is -5.94. The number of nitrogens with zero attached hydrogens (tertiary/aromatic N) is 4. The SMILES string of the molecule is Cc1cc(-c2ccc(S(=O)(=O)[C@H]3C[C@@H](OC4CCC4)[C@H](C(=O)NC4(C#N)CC4)C3)c(C(F)(F)F)c2)ccn1.Cc1cc(-c2ccc(S(=O)(=O)[C@H]3C[C@@H](OC4CCC4)[C@H](C(=O)NC4(C#N)CC4)C3)c(C(F)(F)F)c2)ccn1. The van der Waals surface area contributed by atoms with Gasteiger partial charge in [0.05, 0.1) is 79.8 Å². The summed E-state index contributed by atoms with van der Waals surface area (Å²) in [6.45, 7) is 3.42. The number of sulfone groups is 2. The van der Waals surface area contributed by atoms with Crippen molar-refractivity contribution in [2.75, 3.05) is 0 Å². The number of alkyl halides is 6. The van der Waals surface area contributed by atoms with Gasteiger partial charge in [-0.3, -0.25) is 19.6 Å².